The number of imidazole rings is 1. The van der Waals surface area contributed by atoms with Gasteiger partial charge in [0.1, 0.15) is 5.82 Å². The summed E-state index contributed by atoms with van der Waals surface area (Å²) in [4.78, 5) is 25.0. The molecule has 3 heterocycles. The van der Waals surface area contributed by atoms with Crippen molar-refractivity contribution < 1.29 is 4.79 Å². The van der Waals surface area contributed by atoms with Crippen molar-refractivity contribution in [2.45, 2.75) is 45.6 Å². The third-order valence-corrected chi connectivity index (χ3v) is 6.94. The lowest BCUT2D eigenvalue weighted by atomic mass is 9.93. The molecule has 5 rings (SSSR count). The van der Waals surface area contributed by atoms with E-state index in [1.807, 2.05) is 42.3 Å². The number of nitrogens with zero attached hydrogens (tertiary/aromatic N) is 4. The first-order chi connectivity index (χ1) is 17.1. The van der Waals surface area contributed by atoms with Crippen LogP contribution in [-0.2, 0) is 13.0 Å². The largest absolute Gasteiger partial charge is 0.338 e. The van der Waals surface area contributed by atoms with Crippen LogP contribution in [0, 0.1) is 13.8 Å². The summed E-state index contributed by atoms with van der Waals surface area (Å²) in [5.74, 6) is 1.31. The number of carbonyl (C=O) groups is 1. The molecule has 0 bridgehead atoms. The predicted molar refractivity (Wildman–Crippen MR) is 139 cm³/mol. The van der Waals surface area contributed by atoms with Crippen LogP contribution in [-0.4, -0.2) is 38.4 Å². The Morgan fingerprint density at radius 1 is 1.03 bits per heavy atom. The Morgan fingerprint density at radius 2 is 1.89 bits per heavy atom. The minimum atomic E-state index is 0.110. The molecule has 0 unspecified atom stereocenters. The summed E-state index contributed by atoms with van der Waals surface area (Å²) in [6.45, 7) is 6.25. The summed E-state index contributed by atoms with van der Waals surface area (Å²) in [6, 6.07) is 22.9. The Bertz CT molecular complexity index is 1330. The van der Waals surface area contributed by atoms with Gasteiger partial charge in [-0.15, -0.1) is 0 Å². The van der Waals surface area contributed by atoms with Gasteiger partial charge >= 0.3 is 0 Å². The third kappa shape index (κ3) is 5.35. The van der Waals surface area contributed by atoms with Gasteiger partial charge in [0.2, 0.25) is 0 Å². The number of hydrogen-bond donors (Lipinski definition) is 0. The molecule has 1 fully saturated rings. The first-order valence-corrected chi connectivity index (χ1v) is 12.4. The summed E-state index contributed by atoms with van der Waals surface area (Å²) >= 11 is 0. The molecule has 0 saturated carbocycles. The molecule has 0 spiro atoms. The van der Waals surface area contributed by atoms with Crippen LogP contribution >= 0.6 is 0 Å². The van der Waals surface area contributed by atoms with Crippen molar-refractivity contribution in [3.8, 4) is 0 Å². The Kier molecular flexibility index (Phi) is 6.75. The van der Waals surface area contributed by atoms with Crippen LogP contribution in [0.3, 0.4) is 0 Å². The maximum Gasteiger partial charge on any atom is 0.254 e. The molecule has 1 atom stereocenters. The lowest BCUT2D eigenvalue weighted by Crippen LogP contribution is -2.39. The Balaban J connectivity index is 1.32. The number of likely N-dealkylation sites (tertiary alicyclic amines) is 1. The van der Waals surface area contributed by atoms with Gasteiger partial charge in [-0.05, 0) is 56.0 Å². The van der Waals surface area contributed by atoms with Crippen LogP contribution in [0.15, 0.2) is 79.1 Å². The van der Waals surface area contributed by atoms with Gasteiger partial charge in [-0.2, -0.15) is 0 Å². The molecule has 2 aromatic carbocycles. The van der Waals surface area contributed by atoms with Gasteiger partial charge in [-0.3, -0.25) is 9.78 Å². The van der Waals surface area contributed by atoms with Crippen molar-refractivity contribution in [3.05, 3.63) is 119 Å². The Hall–Kier alpha value is -3.73. The fraction of sp³-hybridized carbons (Fsp3) is 0.300. The summed E-state index contributed by atoms with van der Waals surface area (Å²) in [5.41, 5.74) is 6.53. The van der Waals surface area contributed by atoms with Crippen molar-refractivity contribution in [1.29, 1.82) is 0 Å². The second kappa shape index (κ2) is 10.3. The molecule has 1 saturated heterocycles. The number of aryl methyl sites for hydroxylation is 2. The molecular formula is C30H32N4O. The first kappa shape index (κ1) is 23.0. The summed E-state index contributed by atoms with van der Waals surface area (Å²) in [5, 5.41) is 0. The summed E-state index contributed by atoms with van der Waals surface area (Å²) in [7, 11) is 0. The highest BCUT2D eigenvalue weighted by Crippen LogP contribution is 2.28. The van der Waals surface area contributed by atoms with Crippen molar-refractivity contribution in [2.75, 3.05) is 13.1 Å². The monoisotopic (exact) mass is 464 g/mol. The van der Waals surface area contributed by atoms with E-state index in [1.54, 1.807) is 6.20 Å². The number of aromatic nitrogens is 3. The van der Waals surface area contributed by atoms with Crippen molar-refractivity contribution in [2.24, 2.45) is 0 Å². The number of piperidine rings is 1. The molecule has 5 nitrogen and oxygen atoms in total. The van der Waals surface area contributed by atoms with E-state index in [9.17, 15) is 4.79 Å². The second-order valence-electron chi connectivity index (χ2n) is 9.57. The molecule has 0 N–H and O–H groups in total. The van der Waals surface area contributed by atoms with Gasteiger partial charge in [-0.25, -0.2) is 4.98 Å². The normalized spacial score (nSPS) is 15.8. The molecule has 0 aliphatic carbocycles. The lowest BCUT2D eigenvalue weighted by Gasteiger charge is -2.33. The molecule has 1 amide bonds. The van der Waals surface area contributed by atoms with Crippen molar-refractivity contribution >= 4 is 5.91 Å². The third-order valence-electron chi connectivity index (χ3n) is 6.94. The van der Waals surface area contributed by atoms with E-state index in [1.165, 1.54) is 11.1 Å². The maximum atomic E-state index is 13.6. The van der Waals surface area contributed by atoms with Gasteiger partial charge in [0, 0.05) is 61.3 Å². The number of hydrogen-bond acceptors (Lipinski definition) is 3. The quantitative estimate of drug-likeness (QED) is 0.376. The lowest BCUT2D eigenvalue weighted by molar-refractivity contribution is 0.0704. The molecule has 2 aromatic heterocycles. The Labute approximate surface area is 207 Å². The van der Waals surface area contributed by atoms with E-state index in [0.29, 0.717) is 13.1 Å². The number of carbonyl (C=O) groups excluding carboxylic acids is 1. The fourth-order valence-corrected chi connectivity index (χ4v) is 5.05. The van der Waals surface area contributed by atoms with Gasteiger partial charge in [0.25, 0.3) is 5.91 Å². The van der Waals surface area contributed by atoms with E-state index in [0.717, 1.165) is 54.1 Å². The van der Waals surface area contributed by atoms with Gasteiger partial charge in [-0.1, -0.05) is 54.1 Å². The number of amides is 1. The van der Waals surface area contributed by atoms with Crippen LogP contribution in [0.5, 0.6) is 0 Å². The van der Waals surface area contributed by atoms with E-state index in [-0.39, 0.29) is 11.8 Å². The highest BCUT2D eigenvalue weighted by atomic mass is 16.2. The molecule has 0 radical (unpaired) electrons. The average molecular weight is 465 g/mol. The van der Waals surface area contributed by atoms with E-state index < -0.39 is 0 Å². The van der Waals surface area contributed by atoms with Gasteiger partial charge < -0.3 is 9.47 Å². The highest BCUT2D eigenvalue weighted by molar-refractivity contribution is 5.95. The number of pyridine rings is 1. The van der Waals surface area contributed by atoms with Crippen molar-refractivity contribution in [3.63, 3.8) is 0 Å². The molecule has 1 aliphatic rings. The predicted octanol–water partition coefficient (Wildman–Crippen LogP) is 5.55. The minimum Gasteiger partial charge on any atom is -0.338 e. The zero-order chi connectivity index (χ0) is 24.2. The molecule has 1 aliphatic heterocycles. The van der Waals surface area contributed by atoms with Gasteiger partial charge in [0.15, 0.2) is 0 Å². The molecule has 5 heteroatoms. The highest BCUT2D eigenvalue weighted by Gasteiger charge is 2.27. The van der Waals surface area contributed by atoms with Crippen molar-refractivity contribution in [1.82, 2.24) is 19.4 Å². The zero-order valence-corrected chi connectivity index (χ0v) is 20.5. The zero-order valence-electron chi connectivity index (χ0n) is 20.5. The number of benzene rings is 2. The van der Waals surface area contributed by atoms with E-state index in [2.05, 4.69) is 58.9 Å². The SMILES string of the molecule is Cc1cccc(Cc2cccc([C@H]3CCCN(C(=O)c4ccccc4Cn4ccnc4C)C3)n2)c1. The van der Waals surface area contributed by atoms with E-state index >= 15 is 0 Å². The second-order valence-corrected chi connectivity index (χ2v) is 9.57. The number of rotatable bonds is 6. The average Bonchev–Trinajstić information content (AvgIpc) is 3.28. The van der Waals surface area contributed by atoms with Crippen LogP contribution < -0.4 is 0 Å². The van der Waals surface area contributed by atoms with Gasteiger partial charge in [0.05, 0.1) is 0 Å². The topological polar surface area (TPSA) is 51.0 Å². The minimum absolute atomic E-state index is 0.110. The van der Waals surface area contributed by atoms with E-state index in [4.69, 9.17) is 4.98 Å². The molecule has 178 valence electrons. The fourth-order valence-electron chi connectivity index (χ4n) is 5.05. The first-order valence-electron chi connectivity index (χ1n) is 12.4. The standard InChI is InChI=1S/C30H32N4O/c1-22-8-5-9-24(18-22)19-27-12-6-14-29(32-27)26-11-7-16-34(21-26)30(35)28-13-4-3-10-25(28)20-33-17-15-31-23(33)2/h3-6,8-10,12-15,17-18,26H,7,11,16,19-21H2,1-2H3/t26-/m0/s1. The smallest absolute Gasteiger partial charge is 0.254 e. The summed E-state index contributed by atoms with van der Waals surface area (Å²) < 4.78 is 2.08. The summed E-state index contributed by atoms with van der Waals surface area (Å²) in [6.07, 6.45) is 6.63. The molecule has 35 heavy (non-hydrogen) atoms. The van der Waals surface area contributed by atoms with Crippen LogP contribution in [0.1, 0.15) is 63.0 Å². The van der Waals surface area contributed by atoms with Crippen LogP contribution in [0.25, 0.3) is 0 Å². The Morgan fingerprint density at radius 3 is 2.71 bits per heavy atom. The van der Waals surface area contributed by atoms with Crippen LogP contribution in [0.2, 0.25) is 0 Å². The maximum absolute atomic E-state index is 13.6. The molecule has 4 aromatic rings. The molecular weight excluding hydrogens is 432 g/mol. The van der Waals surface area contributed by atoms with Crippen LogP contribution in [0.4, 0.5) is 0 Å².